The maximum atomic E-state index is 13.4. The molecule has 0 spiro atoms. The lowest BCUT2D eigenvalue weighted by atomic mass is 10.1. The predicted molar refractivity (Wildman–Crippen MR) is 60.0 cm³/mol. The van der Waals surface area contributed by atoms with Crippen molar-refractivity contribution in [1.29, 1.82) is 0 Å². The Morgan fingerprint density at radius 1 is 1.33 bits per heavy atom. The van der Waals surface area contributed by atoms with Crippen LogP contribution in [-0.2, 0) is 11.2 Å². The van der Waals surface area contributed by atoms with Crippen LogP contribution in [0.2, 0.25) is 5.02 Å². The van der Waals surface area contributed by atoms with E-state index in [0.29, 0.717) is 0 Å². The van der Waals surface area contributed by atoms with Gasteiger partial charge in [-0.15, -0.1) is 0 Å². The summed E-state index contributed by atoms with van der Waals surface area (Å²) >= 11 is 5.76. The summed E-state index contributed by atoms with van der Waals surface area (Å²) in [6.07, 6.45) is -4.38. The Hall–Kier alpha value is -0.850. The highest BCUT2D eigenvalue weighted by Crippen LogP contribution is 2.20. The second-order valence-corrected chi connectivity index (χ2v) is 4.20. The lowest BCUT2D eigenvalue weighted by Gasteiger charge is -2.14. The molecular formula is C11H12ClF4NO. The SMILES string of the molecule is NC(COCC(F)(F)F)Cc1c(F)cccc1Cl. The first-order valence-corrected chi connectivity index (χ1v) is 5.50. The van der Waals surface area contributed by atoms with Crippen molar-refractivity contribution in [2.24, 2.45) is 5.73 Å². The minimum atomic E-state index is -4.39. The zero-order chi connectivity index (χ0) is 13.8. The Bertz CT molecular complexity index is 377. The number of rotatable bonds is 5. The Morgan fingerprint density at radius 3 is 2.56 bits per heavy atom. The van der Waals surface area contributed by atoms with Gasteiger partial charge < -0.3 is 10.5 Å². The molecule has 102 valence electrons. The Balaban J connectivity index is 2.47. The van der Waals surface area contributed by atoms with Gasteiger partial charge in [0.05, 0.1) is 6.61 Å². The van der Waals surface area contributed by atoms with E-state index < -0.39 is 24.6 Å². The zero-order valence-electron chi connectivity index (χ0n) is 9.31. The molecule has 7 heteroatoms. The summed E-state index contributed by atoms with van der Waals surface area (Å²) in [5.74, 6) is -0.534. The largest absolute Gasteiger partial charge is 0.411 e. The van der Waals surface area contributed by atoms with Crippen molar-refractivity contribution >= 4 is 11.6 Å². The summed E-state index contributed by atoms with van der Waals surface area (Å²) in [7, 11) is 0. The number of alkyl halides is 3. The standard InChI is InChI=1S/C11H12ClF4NO/c12-9-2-1-3-10(13)8(9)4-7(17)5-18-6-11(14,15)16/h1-3,7H,4-6,17H2. The Labute approximate surface area is 107 Å². The second kappa shape index (κ2) is 6.36. The van der Waals surface area contributed by atoms with Gasteiger partial charge in [0.25, 0.3) is 0 Å². The second-order valence-electron chi connectivity index (χ2n) is 3.79. The summed E-state index contributed by atoms with van der Waals surface area (Å²) in [6, 6.07) is 3.39. The van der Waals surface area contributed by atoms with Gasteiger partial charge in [-0.25, -0.2) is 4.39 Å². The summed E-state index contributed by atoms with van der Waals surface area (Å²) in [4.78, 5) is 0. The van der Waals surface area contributed by atoms with Crippen LogP contribution in [0.5, 0.6) is 0 Å². The highest BCUT2D eigenvalue weighted by Gasteiger charge is 2.27. The van der Waals surface area contributed by atoms with E-state index in [0.717, 1.165) is 0 Å². The number of hydrogen-bond acceptors (Lipinski definition) is 2. The molecule has 0 aromatic heterocycles. The van der Waals surface area contributed by atoms with E-state index in [-0.39, 0.29) is 23.6 Å². The van der Waals surface area contributed by atoms with Gasteiger partial charge in [-0.05, 0) is 18.6 Å². The van der Waals surface area contributed by atoms with Crippen molar-refractivity contribution in [3.63, 3.8) is 0 Å². The van der Waals surface area contributed by atoms with Gasteiger partial charge in [0.15, 0.2) is 0 Å². The van der Waals surface area contributed by atoms with E-state index in [1.54, 1.807) is 0 Å². The van der Waals surface area contributed by atoms with Gasteiger partial charge in [-0.1, -0.05) is 17.7 Å². The highest BCUT2D eigenvalue weighted by molar-refractivity contribution is 6.31. The maximum Gasteiger partial charge on any atom is 0.411 e. The maximum absolute atomic E-state index is 13.4. The molecule has 18 heavy (non-hydrogen) atoms. The molecule has 0 aliphatic rings. The van der Waals surface area contributed by atoms with E-state index in [9.17, 15) is 17.6 Å². The number of ether oxygens (including phenoxy) is 1. The van der Waals surface area contributed by atoms with Crippen LogP contribution in [0.1, 0.15) is 5.56 Å². The van der Waals surface area contributed by atoms with Gasteiger partial charge in [0, 0.05) is 16.6 Å². The van der Waals surface area contributed by atoms with Crippen LogP contribution in [0.25, 0.3) is 0 Å². The quantitative estimate of drug-likeness (QED) is 0.844. The first-order valence-electron chi connectivity index (χ1n) is 5.12. The Morgan fingerprint density at radius 2 is 2.00 bits per heavy atom. The average Bonchev–Trinajstić information content (AvgIpc) is 2.22. The van der Waals surface area contributed by atoms with Crippen molar-refractivity contribution in [3.05, 3.63) is 34.6 Å². The molecule has 0 radical (unpaired) electrons. The fourth-order valence-electron chi connectivity index (χ4n) is 1.37. The van der Waals surface area contributed by atoms with Crippen molar-refractivity contribution in [2.45, 2.75) is 18.6 Å². The van der Waals surface area contributed by atoms with E-state index in [1.165, 1.54) is 18.2 Å². The fourth-order valence-corrected chi connectivity index (χ4v) is 1.61. The van der Waals surface area contributed by atoms with Crippen molar-refractivity contribution in [1.82, 2.24) is 0 Å². The number of halogens is 5. The lowest BCUT2D eigenvalue weighted by molar-refractivity contribution is -0.174. The summed E-state index contributed by atoms with van der Waals surface area (Å²) in [6.45, 7) is -1.68. The monoisotopic (exact) mass is 285 g/mol. The fraction of sp³-hybridized carbons (Fsp3) is 0.455. The molecule has 1 rings (SSSR count). The van der Waals surface area contributed by atoms with Gasteiger partial charge >= 0.3 is 6.18 Å². The van der Waals surface area contributed by atoms with Gasteiger partial charge in [0.2, 0.25) is 0 Å². The molecule has 0 fully saturated rings. The van der Waals surface area contributed by atoms with Gasteiger partial charge in [0.1, 0.15) is 12.4 Å². The third kappa shape index (κ3) is 5.20. The smallest absolute Gasteiger partial charge is 0.370 e. The minimum absolute atomic E-state index is 0.0172. The lowest BCUT2D eigenvalue weighted by Crippen LogP contribution is -2.31. The molecule has 0 saturated carbocycles. The molecule has 1 unspecified atom stereocenters. The number of nitrogens with two attached hydrogens (primary N) is 1. The molecule has 1 aromatic carbocycles. The third-order valence-corrected chi connectivity index (χ3v) is 2.48. The van der Waals surface area contributed by atoms with Crippen LogP contribution in [-0.4, -0.2) is 25.4 Å². The molecule has 0 aliphatic heterocycles. The molecule has 2 nitrogen and oxygen atoms in total. The Kier molecular flexibility index (Phi) is 5.37. The predicted octanol–water partition coefficient (Wildman–Crippen LogP) is 2.93. The topological polar surface area (TPSA) is 35.2 Å². The molecule has 0 saturated heterocycles. The van der Waals surface area contributed by atoms with Crippen LogP contribution in [0.4, 0.5) is 17.6 Å². The summed E-state index contributed by atoms with van der Waals surface area (Å²) < 4.78 is 53.2. The van der Waals surface area contributed by atoms with E-state index in [2.05, 4.69) is 4.74 Å². The molecule has 0 amide bonds. The van der Waals surface area contributed by atoms with Crippen LogP contribution in [0.15, 0.2) is 18.2 Å². The van der Waals surface area contributed by atoms with E-state index in [4.69, 9.17) is 17.3 Å². The van der Waals surface area contributed by atoms with Crippen LogP contribution < -0.4 is 5.73 Å². The number of benzene rings is 1. The molecule has 1 atom stereocenters. The zero-order valence-corrected chi connectivity index (χ0v) is 10.1. The van der Waals surface area contributed by atoms with Crippen LogP contribution >= 0.6 is 11.6 Å². The van der Waals surface area contributed by atoms with Crippen LogP contribution in [0, 0.1) is 5.82 Å². The van der Waals surface area contributed by atoms with E-state index in [1.807, 2.05) is 0 Å². The molecule has 0 bridgehead atoms. The molecule has 1 aromatic rings. The molecular weight excluding hydrogens is 274 g/mol. The highest BCUT2D eigenvalue weighted by atomic mass is 35.5. The first-order chi connectivity index (χ1) is 8.29. The van der Waals surface area contributed by atoms with Crippen molar-refractivity contribution < 1.29 is 22.3 Å². The van der Waals surface area contributed by atoms with E-state index >= 15 is 0 Å². The first kappa shape index (κ1) is 15.2. The van der Waals surface area contributed by atoms with Gasteiger partial charge in [-0.2, -0.15) is 13.2 Å². The normalized spacial score (nSPS) is 13.7. The molecule has 0 aliphatic carbocycles. The summed E-state index contributed by atoms with van der Waals surface area (Å²) in [5.41, 5.74) is 5.74. The summed E-state index contributed by atoms with van der Waals surface area (Å²) in [5, 5.41) is 0.196. The third-order valence-electron chi connectivity index (χ3n) is 2.13. The average molecular weight is 286 g/mol. The minimum Gasteiger partial charge on any atom is -0.370 e. The van der Waals surface area contributed by atoms with Gasteiger partial charge in [-0.3, -0.25) is 0 Å². The van der Waals surface area contributed by atoms with Crippen molar-refractivity contribution in [3.8, 4) is 0 Å². The molecule has 2 N–H and O–H groups in total. The number of hydrogen-bond donors (Lipinski definition) is 1. The van der Waals surface area contributed by atoms with Crippen LogP contribution in [0.3, 0.4) is 0 Å². The molecule has 0 heterocycles. The van der Waals surface area contributed by atoms with Crippen molar-refractivity contribution in [2.75, 3.05) is 13.2 Å².